The minimum absolute atomic E-state index is 0.315. The molecule has 0 fully saturated rings. The molecule has 0 unspecified atom stereocenters. The highest BCUT2D eigenvalue weighted by molar-refractivity contribution is 7.99. The summed E-state index contributed by atoms with van der Waals surface area (Å²) in [5.74, 6) is 0.315. The highest BCUT2D eigenvalue weighted by Crippen LogP contribution is 2.34. The molecule has 17 heavy (non-hydrogen) atoms. The van der Waals surface area contributed by atoms with Crippen LogP contribution in [0.3, 0.4) is 0 Å². The molecular weight excluding hydrogens is 236 g/mol. The number of anilines is 1. The highest BCUT2D eigenvalue weighted by Gasteiger charge is 2.18. The Morgan fingerprint density at radius 1 is 1.35 bits per heavy atom. The number of nitrogens with two attached hydrogens (primary N) is 1. The van der Waals surface area contributed by atoms with Crippen LogP contribution in [-0.2, 0) is 14.1 Å². The van der Waals surface area contributed by atoms with Gasteiger partial charge >= 0.3 is 0 Å². The second-order valence-electron chi connectivity index (χ2n) is 4.21. The Labute approximate surface area is 104 Å². The van der Waals surface area contributed by atoms with Crippen LogP contribution in [0.2, 0.25) is 0 Å². The second-order valence-corrected chi connectivity index (χ2v) is 5.16. The molecule has 0 saturated carbocycles. The summed E-state index contributed by atoms with van der Waals surface area (Å²) in [5.41, 5.74) is 7.77. The third-order valence-corrected chi connectivity index (χ3v) is 3.69. The van der Waals surface area contributed by atoms with E-state index in [2.05, 4.69) is 29.1 Å². The Morgan fingerprint density at radius 3 is 2.53 bits per heavy atom. The summed E-state index contributed by atoms with van der Waals surface area (Å²) < 4.78 is 3.65. The molecule has 2 heterocycles. The van der Waals surface area contributed by atoms with Crippen LogP contribution in [-0.4, -0.2) is 24.5 Å². The van der Waals surface area contributed by atoms with Crippen molar-refractivity contribution in [2.24, 2.45) is 14.1 Å². The first-order valence-electron chi connectivity index (χ1n) is 5.35. The van der Waals surface area contributed by atoms with Gasteiger partial charge < -0.3 is 10.3 Å². The SMILES string of the molecule is CC(C)c1nn(C)c(Sc2nncn2C)c1N. The molecule has 2 rings (SSSR count). The van der Waals surface area contributed by atoms with E-state index >= 15 is 0 Å². The molecule has 0 aliphatic heterocycles. The summed E-state index contributed by atoms with van der Waals surface area (Å²) in [4.78, 5) is 0. The predicted molar refractivity (Wildman–Crippen MR) is 66.8 cm³/mol. The maximum Gasteiger partial charge on any atom is 0.197 e. The number of aromatic nitrogens is 5. The van der Waals surface area contributed by atoms with E-state index in [0.717, 1.165) is 21.6 Å². The average molecular weight is 252 g/mol. The summed E-state index contributed by atoms with van der Waals surface area (Å²) in [6.45, 7) is 4.16. The van der Waals surface area contributed by atoms with Gasteiger partial charge in [0, 0.05) is 14.1 Å². The van der Waals surface area contributed by atoms with Crippen LogP contribution >= 0.6 is 11.8 Å². The van der Waals surface area contributed by atoms with Crippen molar-refractivity contribution in [1.82, 2.24) is 24.5 Å². The lowest BCUT2D eigenvalue weighted by atomic mass is 10.1. The van der Waals surface area contributed by atoms with Gasteiger partial charge in [0.25, 0.3) is 0 Å². The van der Waals surface area contributed by atoms with E-state index in [0.29, 0.717) is 5.92 Å². The van der Waals surface area contributed by atoms with Crippen molar-refractivity contribution in [2.75, 3.05) is 5.73 Å². The third kappa shape index (κ3) is 2.14. The van der Waals surface area contributed by atoms with Crippen LogP contribution < -0.4 is 5.73 Å². The van der Waals surface area contributed by atoms with E-state index in [1.165, 1.54) is 11.8 Å². The van der Waals surface area contributed by atoms with Gasteiger partial charge in [-0.3, -0.25) is 4.68 Å². The van der Waals surface area contributed by atoms with Crippen LogP contribution in [0, 0.1) is 0 Å². The molecule has 2 N–H and O–H groups in total. The Morgan fingerprint density at radius 2 is 2.06 bits per heavy atom. The maximum absolute atomic E-state index is 6.11. The summed E-state index contributed by atoms with van der Waals surface area (Å²) in [6, 6.07) is 0. The largest absolute Gasteiger partial charge is 0.395 e. The number of nitrogen functional groups attached to an aromatic ring is 1. The van der Waals surface area contributed by atoms with Crippen molar-refractivity contribution >= 4 is 17.4 Å². The lowest BCUT2D eigenvalue weighted by molar-refractivity contribution is 0.668. The van der Waals surface area contributed by atoms with Gasteiger partial charge in [-0.05, 0) is 17.7 Å². The van der Waals surface area contributed by atoms with Crippen molar-refractivity contribution in [3.05, 3.63) is 12.0 Å². The first kappa shape index (κ1) is 12.0. The predicted octanol–water partition coefficient (Wildman–Crippen LogP) is 1.41. The molecule has 0 atom stereocenters. The summed E-state index contributed by atoms with van der Waals surface area (Å²) >= 11 is 1.48. The average Bonchev–Trinajstić information content (AvgIpc) is 2.77. The molecule has 92 valence electrons. The maximum atomic E-state index is 6.11. The zero-order chi connectivity index (χ0) is 12.6. The molecule has 2 aromatic rings. The first-order valence-corrected chi connectivity index (χ1v) is 6.16. The molecule has 0 amide bonds. The van der Waals surface area contributed by atoms with Crippen LogP contribution in [0.25, 0.3) is 0 Å². The van der Waals surface area contributed by atoms with Gasteiger partial charge in [-0.1, -0.05) is 13.8 Å². The van der Waals surface area contributed by atoms with Gasteiger partial charge in [-0.25, -0.2) is 0 Å². The molecule has 0 aliphatic carbocycles. The Bertz CT molecular complexity index is 527. The smallest absolute Gasteiger partial charge is 0.197 e. The summed E-state index contributed by atoms with van der Waals surface area (Å²) in [7, 11) is 3.79. The lowest BCUT2D eigenvalue weighted by Gasteiger charge is -2.02. The van der Waals surface area contributed by atoms with Crippen LogP contribution in [0.5, 0.6) is 0 Å². The Kier molecular flexibility index (Phi) is 3.10. The van der Waals surface area contributed by atoms with Crippen LogP contribution in [0.15, 0.2) is 16.5 Å². The number of hydrogen-bond acceptors (Lipinski definition) is 5. The van der Waals surface area contributed by atoms with Gasteiger partial charge in [0.2, 0.25) is 0 Å². The molecule has 0 bridgehead atoms. The number of hydrogen-bond donors (Lipinski definition) is 1. The second kappa shape index (κ2) is 4.40. The van der Waals surface area contributed by atoms with E-state index in [-0.39, 0.29) is 0 Å². The monoisotopic (exact) mass is 252 g/mol. The first-order chi connectivity index (χ1) is 8.00. The van der Waals surface area contributed by atoms with Crippen molar-refractivity contribution in [3.63, 3.8) is 0 Å². The van der Waals surface area contributed by atoms with Crippen LogP contribution in [0.1, 0.15) is 25.5 Å². The van der Waals surface area contributed by atoms with Gasteiger partial charge in [0.05, 0.1) is 11.4 Å². The summed E-state index contributed by atoms with van der Waals surface area (Å²) in [6.07, 6.45) is 1.66. The van der Waals surface area contributed by atoms with E-state index < -0.39 is 0 Å². The minimum atomic E-state index is 0.315. The third-order valence-electron chi connectivity index (χ3n) is 2.46. The van der Waals surface area contributed by atoms with E-state index in [1.807, 2.05) is 18.7 Å². The molecule has 2 aromatic heterocycles. The van der Waals surface area contributed by atoms with E-state index in [9.17, 15) is 0 Å². The Balaban J connectivity index is 2.37. The number of nitrogens with zero attached hydrogens (tertiary/aromatic N) is 5. The van der Waals surface area contributed by atoms with E-state index in [4.69, 9.17) is 5.73 Å². The fourth-order valence-electron chi connectivity index (χ4n) is 1.54. The quantitative estimate of drug-likeness (QED) is 0.894. The topological polar surface area (TPSA) is 74.5 Å². The highest BCUT2D eigenvalue weighted by atomic mass is 32.2. The van der Waals surface area contributed by atoms with Crippen molar-refractivity contribution in [2.45, 2.75) is 29.9 Å². The molecule has 0 aliphatic rings. The molecule has 6 nitrogen and oxygen atoms in total. The minimum Gasteiger partial charge on any atom is -0.395 e. The normalized spacial score (nSPS) is 11.4. The lowest BCUT2D eigenvalue weighted by Crippen LogP contribution is -1.96. The zero-order valence-corrected chi connectivity index (χ0v) is 11.2. The van der Waals surface area contributed by atoms with Gasteiger partial charge in [0.1, 0.15) is 11.4 Å². The molecule has 0 saturated heterocycles. The molecular formula is C10H16N6S. The molecule has 7 heteroatoms. The number of rotatable bonds is 3. The fourth-order valence-corrected chi connectivity index (χ4v) is 2.38. The van der Waals surface area contributed by atoms with E-state index in [1.54, 1.807) is 11.0 Å². The van der Waals surface area contributed by atoms with Crippen molar-refractivity contribution in [3.8, 4) is 0 Å². The van der Waals surface area contributed by atoms with Gasteiger partial charge in [-0.15, -0.1) is 10.2 Å². The Hall–Kier alpha value is -1.50. The van der Waals surface area contributed by atoms with Crippen molar-refractivity contribution < 1.29 is 0 Å². The van der Waals surface area contributed by atoms with Gasteiger partial charge in [-0.2, -0.15) is 5.10 Å². The molecule has 0 radical (unpaired) electrons. The fraction of sp³-hybridized carbons (Fsp3) is 0.500. The standard InChI is InChI=1S/C10H16N6S/c1-6(2)8-7(11)9(16(4)14-8)17-10-13-12-5-15(10)3/h5-6H,11H2,1-4H3. The number of aryl methyl sites for hydroxylation is 2. The molecule has 0 aromatic carbocycles. The van der Waals surface area contributed by atoms with Crippen molar-refractivity contribution in [1.29, 1.82) is 0 Å². The zero-order valence-electron chi connectivity index (χ0n) is 10.4. The van der Waals surface area contributed by atoms with Crippen LogP contribution in [0.4, 0.5) is 5.69 Å². The molecule has 0 spiro atoms. The summed E-state index contributed by atoms with van der Waals surface area (Å²) in [5, 5.41) is 14.0. The van der Waals surface area contributed by atoms with Gasteiger partial charge in [0.15, 0.2) is 5.16 Å².